The van der Waals surface area contributed by atoms with Gasteiger partial charge in [0.15, 0.2) is 11.5 Å². The molecule has 0 aliphatic heterocycles. The molecule has 3 aromatic rings. The molecule has 0 saturated carbocycles. The summed E-state index contributed by atoms with van der Waals surface area (Å²) in [7, 11) is -2.17. The van der Waals surface area contributed by atoms with E-state index in [4.69, 9.17) is 9.47 Å². The highest BCUT2D eigenvalue weighted by molar-refractivity contribution is 7.91. The van der Waals surface area contributed by atoms with E-state index in [1.54, 1.807) is 30.3 Å². The van der Waals surface area contributed by atoms with Gasteiger partial charge in [0.1, 0.15) is 9.90 Å². The highest BCUT2D eigenvalue weighted by Crippen LogP contribution is 2.30. The number of thiophene rings is 1. The zero-order valence-corrected chi connectivity index (χ0v) is 16.9. The zero-order chi connectivity index (χ0) is 20.1. The number of nitrogens with zero attached hydrogens (tertiary/aromatic N) is 1. The van der Waals surface area contributed by atoms with Gasteiger partial charge in [-0.15, -0.1) is 11.3 Å². The molecule has 3 rings (SSSR count). The van der Waals surface area contributed by atoms with Gasteiger partial charge >= 0.3 is 0 Å². The van der Waals surface area contributed by atoms with Crippen molar-refractivity contribution in [2.75, 3.05) is 13.7 Å². The van der Waals surface area contributed by atoms with Crippen LogP contribution >= 0.6 is 11.3 Å². The van der Waals surface area contributed by atoms with Gasteiger partial charge in [-0.25, -0.2) is 18.2 Å². The molecular formula is C18H19N3O5S2. The predicted octanol–water partition coefficient (Wildman–Crippen LogP) is 2.38. The molecular weight excluding hydrogens is 402 g/mol. The lowest BCUT2D eigenvalue weighted by Crippen LogP contribution is -2.22. The molecule has 0 atom stereocenters. The molecule has 2 heterocycles. The van der Waals surface area contributed by atoms with E-state index in [1.165, 1.54) is 19.2 Å². The molecule has 10 heteroatoms. The van der Waals surface area contributed by atoms with Gasteiger partial charge < -0.3 is 9.47 Å². The van der Waals surface area contributed by atoms with E-state index in [-0.39, 0.29) is 16.3 Å². The van der Waals surface area contributed by atoms with Crippen LogP contribution in [0.4, 0.5) is 0 Å². The average Bonchev–Trinajstić information content (AvgIpc) is 3.19. The first-order chi connectivity index (χ1) is 13.4. The number of hydrogen-bond acceptors (Lipinski definition) is 7. The Labute approximate surface area is 166 Å². The Kier molecular flexibility index (Phi) is 6.12. The predicted molar refractivity (Wildman–Crippen MR) is 106 cm³/mol. The Balaban J connectivity index is 1.74. The van der Waals surface area contributed by atoms with Crippen molar-refractivity contribution >= 4 is 21.4 Å². The van der Waals surface area contributed by atoms with Crippen LogP contribution in [0.1, 0.15) is 12.5 Å². The molecule has 0 bridgehead atoms. The van der Waals surface area contributed by atoms with Gasteiger partial charge in [-0.05, 0) is 42.8 Å². The number of nitrogens with one attached hydrogen (secondary N) is 2. The molecule has 1 aromatic carbocycles. The summed E-state index contributed by atoms with van der Waals surface area (Å²) in [6.45, 7) is 2.49. The van der Waals surface area contributed by atoms with E-state index >= 15 is 0 Å². The van der Waals surface area contributed by atoms with E-state index in [2.05, 4.69) is 14.9 Å². The molecule has 0 amide bonds. The standard InChI is InChI=1S/C18H19N3O5S2/c1-3-26-14-6-4-12(10-15(14)25-2)11-19-28(23,24)18-9-7-16(27-18)13-5-8-17(22)21-20-13/h4-10,19H,3,11H2,1-2H3,(H,21,22). The third-order valence-corrected chi connectivity index (χ3v) is 6.77. The number of aromatic amines is 1. The SMILES string of the molecule is CCOc1ccc(CNS(=O)(=O)c2ccc(-c3ccc(=O)[nH]n3)s2)cc1OC. The van der Waals surface area contributed by atoms with Crippen molar-refractivity contribution in [1.29, 1.82) is 0 Å². The molecule has 0 unspecified atom stereocenters. The van der Waals surface area contributed by atoms with Gasteiger partial charge in [-0.3, -0.25) is 4.79 Å². The first-order valence-electron chi connectivity index (χ1n) is 8.38. The Morgan fingerprint density at radius 2 is 1.96 bits per heavy atom. The monoisotopic (exact) mass is 421 g/mol. The number of methoxy groups -OCH3 is 1. The molecule has 8 nitrogen and oxygen atoms in total. The topological polar surface area (TPSA) is 110 Å². The maximum absolute atomic E-state index is 12.6. The summed E-state index contributed by atoms with van der Waals surface area (Å²) >= 11 is 1.07. The molecule has 28 heavy (non-hydrogen) atoms. The van der Waals surface area contributed by atoms with Crippen LogP contribution in [0, 0.1) is 0 Å². The Morgan fingerprint density at radius 3 is 2.64 bits per heavy atom. The normalized spacial score (nSPS) is 11.4. The number of hydrogen-bond donors (Lipinski definition) is 2. The van der Waals surface area contributed by atoms with Gasteiger partial charge in [0, 0.05) is 12.6 Å². The minimum Gasteiger partial charge on any atom is -0.493 e. The Morgan fingerprint density at radius 1 is 1.14 bits per heavy atom. The second-order valence-corrected chi connectivity index (χ2v) is 8.75. The van der Waals surface area contributed by atoms with Crippen molar-refractivity contribution in [2.24, 2.45) is 0 Å². The van der Waals surface area contributed by atoms with Crippen LogP contribution in [0.15, 0.2) is 51.5 Å². The molecule has 0 saturated heterocycles. The van der Waals surface area contributed by atoms with Crippen LogP contribution in [0.25, 0.3) is 10.6 Å². The molecule has 0 aliphatic rings. The molecule has 0 aliphatic carbocycles. The molecule has 0 radical (unpaired) electrons. The van der Waals surface area contributed by atoms with E-state index in [0.29, 0.717) is 28.7 Å². The van der Waals surface area contributed by atoms with E-state index in [0.717, 1.165) is 16.9 Å². The van der Waals surface area contributed by atoms with E-state index in [9.17, 15) is 13.2 Å². The fourth-order valence-corrected chi connectivity index (χ4v) is 4.77. The maximum atomic E-state index is 12.6. The summed E-state index contributed by atoms with van der Waals surface area (Å²) in [6.07, 6.45) is 0. The fraction of sp³-hybridized carbons (Fsp3) is 0.222. The lowest BCUT2D eigenvalue weighted by Gasteiger charge is -2.11. The maximum Gasteiger partial charge on any atom is 0.264 e. The van der Waals surface area contributed by atoms with Crippen molar-refractivity contribution in [1.82, 2.24) is 14.9 Å². The second-order valence-electron chi connectivity index (χ2n) is 5.67. The molecule has 148 valence electrons. The number of sulfonamides is 1. The summed E-state index contributed by atoms with van der Waals surface area (Å²) in [5, 5.41) is 6.24. The van der Waals surface area contributed by atoms with E-state index < -0.39 is 10.0 Å². The smallest absolute Gasteiger partial charge is 0.264 e. The minimum atomic E-state index is -3.70. The molecule has 0 spiro atoms. The number of ether oxygens (including phenoxy) is 2. The van der Waals surface area contributed by atoms with Crippen LogP contribution < -0.4 is 19.8 Å². The molecule has 2 aromatic heterocycles. The summed E-state index contributed by atoms with van der Waals surface area (Å²) in [4.78, 5) is 11.7. The lowest BCUT2D eigenvalue weighted by atomic mass is 10.2. The van der Waals surface area contributed by atoms with Crippen molar-refractivity contribution in [3.05, 3.63) is 58.4 Å². The van der Waals surface area contributed by atoms with Crippen LogP contribution in [-0.2, 0) is 16.6 Å². The van der Waals surface area contributed by atoms with Crippen molar-refractivity contribution in [3.63, 3.8) is 0 Å². The number of aromatic nitrogens is 2. The summed E-state index contributed by atoms with van der Waals surface area (Å²) < 4.78 is 38.7. The molecule has 0 fully saturated rings. The molecule has 2 N–H and O–H groups in total. The quantitative estimate of drug-likeness (QED) is 0.578. The first kappa shape index (κ1) is 20.1. The zero-order valence-electron chi connectivity index (χ0n) is 15.3. The van der Waals surface area contributed by atoms with Crippen molar-refractivity contribution < 1.29 is 17.9 Å². The number of rotatable bonds is 8. The van der Waals surface area contributed by atoms with Crippen molar-refractivity contribution in [2.45, 2.75) is 17.7 Å². The third-order valence-electron chi connectivity index (χ3n) is 3.77. The third kappa shape index (κ3) is 4.58. The average molecular weight is 422 g/mol. The lowest BCUT2D eigenvalue weighted by molar-refractivity contribution is 0.310. The van der Waals surface area contributed by atoms with Crippen molar-refractivity contribution in [3.8, 4) is 22.1 Å². The van der Waals surface area contributed by atoms with Crippen LogP contribution in [0.5, 0.6) is 11.5 Å². The largest absolute Gasteiger partial charge is 0.493 e. The second kappa shape index (κ2) is 8.55. The number of H-pyrrole nitrogens is 1. The van der Waals surface area contributed by atoms with Crippen LogP contribution in [0.3, 0.4) is 0 Å². The van der Waals surface area contributed by atoms with Gasteiger partial charge in [-0.1, -0.05) is 6.07 Å². The highest BCUT2D eigenvalue weighted by Gasteiger charge is 2.18. The Hall–Kier alpha value is -2.69. The summed E-state index contributed by atoms with van der Waals surface area (Å²) in [5.74, 6) is 1.15. The van der Waals surface area contributed by atoms with Crippen LogP contribution in [-0.4, -0.2) is 32.3 Å². The van der Waals surface area contributed by atoms with Gasteiger partial charge in [-0.2, -0.15) is 5.10 Å². The highest BCUT2D eigenvalue weighted by atomic mass is 32.2. The summed E-state index contributed by atoms with van der Waals surface area (Å²) in [5.41, 5.74) is 0.922. The van der Waals surface area contributed by atoms with Gasteiger partial charge in [0.2, 0.25) is 10.0 Å². The Bertz CT molecular complexity index is 1100. The van der Waals surface area contributed by atoms with Crippen LogP contribution in [0.2, 0.25) is 0 Å². The van der Waals surface area contributed by atoms with Gasteiger partial charge in [0.05, 0.1) is 18.6 Å². The minimum absolute atomic E-state index is 0.106. The van der Waals surface area contributed by atoms with Gasteiger partial charge in [0.25, 0.3) is 5.56 Å². The fourth-order valence-electron chi connectivity index (χ4n) is 2.43. The van der Waals surface area contributed by atoms with E-state index in [1.807, 2.05) is 6.92 Å². The summed E-state index contributed by atoms with van der Waals surface area (Å²) in [6, 6.07) is 11.3. The number of benzene rings is 1. The first-order valence-corrected chi connectivity index (χ1v) is 10.7.